The van der Waals surface area contributed by atoms with Gasteiger partial charge >= 0.3 is 5.97 Å². The zero-order chi connectivity index (χ0) is 17.1. The number of anilines is 2. The maximum Gasteiger partial charge on any atom is 0.337 e. The molecule has 1 unspecified atom stereocenters. The van der Waals surface area contributed by atoms with Crippen LogP contribution in [0.3, 0.4) is 0 Å². The Morgan fingerprint density at radius 3 is 2.54 bits per heavy atom. The van der Waals surface area contributed by atoms with Crippen LogP contribution in [0.2, 0.25) is 0 Å². The summed E-state index contributed by atoms with van der Waals surface area (Å²) in [5.74, 6) is -0.907. The lowest BCUT2D eigenvalue weighted by molar-refractivity contribution is -0.120. The monoisotopic (exact) mass is 328 g/mol. The number of hydrogen-bond donors (Lipinski definition) is 1. The number of carbonyl (C=O) groups is 2. The van der Waals surface area contributed by atoms with Crippen molar-refractivity contribution in [2.45, 2.75) is 12.5 Å². The molecule has 1 amide bonds. The number of carbonyl (C=O) groups excluding carboxylic acids is 2. The summed E-state index contributed by atoms with van der Waals surface area (Å²) in [6.45, 7) is 0.579. The molecule has 24 heavy (non-hydrogen) atoms. The summed E-state index contributed by atoms with van der Waals surface area (Å²) in [5.41, 5.74) is 1.70. The maximum atomic E-state index is 13.7. The SMILES string of the molecule is COC(=O)c1ccc(N(c2cccc(F)c2)C2CCNC2=O)cc1. The minimum atomic E-state index is -0.433. The van der Waals surface area contributed by atoms with E-state index >= 15 is 0 Å². The predicted octanol–water partition coefficient (Wildman–Crippen LogP) is 2.64. The summed E-state index contributed by atoms with van der Waals surface area (Å²) in [7, 11) is 1.32. The smallest absolute Gasteiger partial charge is 0.337 e. The van der Waals surface area contributed by atoms with E-state index in [1.54, 1.807) is 41.3 Å². The van der Waals surface area contributed by atoms with Crippen LogP contribution < -0.4 is 10.2 Å². The molecule has 0 bridgehead atoms. The molecule has 2 aromatic carbocycles. The molecule has 1 fully saturated rings. The summed E-state index contributed by atoms with van der Waals surface area (Å²) >= 11 is 0. The van der Waals surface area contributed by atoms with Crippen LogP contribution in [-0.4, -0.2) is 31.6 Å². The molecule has 1 atom stereocenters. The van der Waals surface area contributed by atoms with Gasteiger partial charge in [-0.15, -0.1) is 0 Å². The van der Waals surface area contributed by atoms with E-state index in [0.29, 0.717) is 29.9 Å². The second-order valence-corrected chi connectivity index (χ2v) is 5.48. The maximum absolute atomic E-state index is 13.7. The zero-order valence-corrected chi connectivity index (χ0v) is 13.2. The van der Waals surface area contributed by atoms with Crippen molar-refractivity contribution in [2.24, 2.45) is 0 Å². The van der Waals surface area contributed by atoms with Crippen molar-refractivity contribution in [2.75, 3.05) is 18.6 Å². The van der Waals surface area contributed by atoms with Gasteiger partial charge in [0, 0.05) is 17.9 Å². The van der Waals surface area contributed by atoms with E-state index in [9.17, 15) is 14.0 Å². The van der Waals surface area contributed by atoms with Crippen molar-refractivity contribution in [3.8, 4) is 0 Å². The molecular formula is C18H17FN2O3. The number of hydrogen-bond acceptors (Lipinski definition) is 4. The third-order valence-corrected chi connectivity index (χ3v) is 3.98. The Kier molecular flexibility index (Phi) is 4.46. The first kappa shape index (κ1) is 16.0. The number of methoxy groups -OCH3 is 1. The van der Waals surface area contributed by atoms with Gasteiger partial charge in [-0.1, -0.05) is 6.07 Å². The molecule has 1 aliphatic rings. The molecule has 2 aromatic rings. The van der Waals surface area contributed by atoms with E-state index in [-0.39, 0.29) is 11.7 Å². The van der Waals surface area contributed by atoms with Crippen LogP contribution >= 0.6 is 0 Å². The highest BCUT2D eigenvalue weighted by atomic mass is 19.1. The van der Waals surface area contributed by atoms with Gasteiger partial charge in [0.1, 0.15) is 11.9 Å². The fourth-order valence-corrected chi connectivity index (χ4v) is 2.84. The summed E-state index contributed by atoms with van der Waals surface area (Å²) in [5, 5.41) is 2.79. The highest BCUT2D eigenvalue weighted by Gasteiger charge is 2.31. The Morgan fingerprint density at radius 1 is 1.21 bits per heavy atom. The Balaban J connectivity index is 2.01. The standard InChI is InChI=1S/C18H17FN2O3/c1-24-18(23)12-5-7-14(8-6-12)21(16-9-10-20-17(16)22)15-4-2-3-13(19)11-15/h2-8,11,16H,9-10H2,1H3,(H,20,22). The first-order chi connectivity index (χ1) is 11.6. The largest absolute Gasteiger partial charge is 0.465 e. The normalized spacial score (nSPS) is 16.6. The van der Waals surface area contributed by atoms with Crippen LogP contribution in [0.15, 0.2) is 48.5 Å². The molecule has 6 heteroatoms. The molecule has 1 N–H and O–H groups in total. The Bertz CT molecular complexity index is 761. The van der Waals surface area contributed by atoms with Crippen LogP contribution in [0.1, 0.15) is 16.8 Å². The molecule has 5 nitrogen and oxygen atoms in total. The number of halogens is 1. The van der Waals surface area contributed by atoms with Gasteiger partial charge in [-0.2, -0.15) is 0 Å². The highest BCUT2D eigenvalue weighted by Crippen LogP contribution is 2.31. The zero-order valence-electron chi connectivity index (χ0n) is 13.2. The molecular weight excluding hydrogens is 311 g/mol. The first-order valence-electron chi connectivity index (χ1n) is 7.61. The summed E-state index contributed by atoms with van der Waals surface area (Å²) in [6.07, 6.45) is 0.619. The highest BCUT2D eigenvalue weighted by molar-refractivity contribution is 5.92. The van der Waals surface area contributed by atoms with E-state index in [4.69, 9.17) is 0 Å². The molecule has 1 saturated heterocycles. The minimum Gasteiger partial charge on any atom is -0.465 e. The van der Waals surface area contributed by atoms with Crippen molar-refractivity contribution < 1.29 is 18.7 Å². The number of nitrogens with one attached hydrogen (secondary N) is 1. The third kappa shape index (κ3) is 3.08. The number of amides is 1. The minimum absolute atomic E-state index is 0.101. The van der Waals surface area contributed by atoms with Crippen molar-refractivity contribution in [1.82, 2.24) is 5.32 Å². The molecule has 1 aliphatic heterocycles. The second-order valence-electron chi connectivity index (χ2n) is 5.48. The molecule has 124 valence electrons. The topological polar surface area (TPSA) is 58.6 Å². The number of esters is 1. The van der Waals surface area contributed by atoms with E-state index in [1.807, 2.05) is 0 Å². The molecule has 0 spiro atoms. The number of ether oxygens (including phenoxy) is 1. The quantitative estimate of drug-likeness (QED) is 0.877. The van der Waals surface area contributed by atoms with Gasteiger partial charge in [0.15, 0.2) is 0 Å². The fraction of sp³-hybridized carbons (Fsp3) is 0.222. The third-order valence-electron chi connectivity index (χ3n) is 3.98. The number of nitrogens with zero attached hydrogens (tertiary/aromatic N) is 1. The van der Waals surface area contributed by atoms with Gasteiger partial charge in [0.25, 0.3) is 0 Å². The van der Waals surface area contributed by atoms with E-state index in [2.05, 4.69) is 10.1 Å². The van der Waals surface area contributed by atoms with Crippen LogP contribution in [0, 0.1) is 5.82 Å². The van der Waals surface area contributed by atoms with Crippen molar-refractivity contribution in [3.05, 3.63) is 59.9 Å². The predicted molar refractivity (Wildman–Crippen MR) is 87.7 cm³/mol. The Labute approximate surface area is 139 Å². The van der Waals surface area contributed by atoms with E-state index < -0.39 is 12.0 Å². The lowest BCUT2D eigenvalue weighted by atomic mass is 10.1. The van der Waals surface area contributed by atoms with Crippen molar-refractivity contribution in [3.63, 3.8) is 0 Å². The van der Waals surface area contributed by atoms with Gasteiger partial charge in [-0.3, -0.25) is 4.79 Å². The average molecular weight is 328 g/mol. The molecule has 1 heterocycles. The van der Waals surface area contributed by atoms with Crippen molar-refractivity contribution >= 4 is 23.3 Å². The summed E-state index contributed by atoms with van der Waals surface area (Å²) < 4.78 is 18.3. The Morgan fingerprint density at radius 2 is 1.96 bits per heavy atom. The van der Waals surface area contributed by atoms with Gasteiger partial charge in [-0.25, -0.2) is 9.18 Å². The van der Waals surface area contributed by atoms with Gasteiger partial charge < -0.3 is 15.0 Å². The van der Waals surface area contributed by atoms with Gasteiger partial charge in [0.05, 0.1) is 12.7 Å². The van der Waals surface area contributed by atoms with Crippen molar-refractivity contribution in [1.29, 1.82) is 0 Å². The molecule has 0 aromatic heterocycles. The van der Waals surface area contributed by atoms with Gasteiger partial charge in [-0.05, 0) is 48.9 Å². The molecule has 0 aliphatic carbocycles. The van der Waals surface area contributed by atoms with Crippen LogP contribution in [0.5, 0.6) is 0 Å². The van der Waals surface area contributed by atoms with Gasteiger partial charge in [0.2, 0.25) is 5.91 Å². The molecule has 0 saturated carbocycles. The van der Waals surface area contributed by atoms with Crippen LogP contribution in [0.4, 0.5) is 15.8 Å². The van der Waals surface area contributed by atoms with Crippen LogP contribution in [0.25, 0.3) is 0 Å². The Hall–Kier alpha value is -2.89. The molecule has 3 rings (SSSR count). The lowest BCUT2D eigenvalue weighted by Gasteiger charge is -2.29. The van der Waals surface area contributed by atoms with Crippen LogP contribution in [-0.2, 0) is 9.53 Å². The average Bonchev–Trinajstić information content (AvgIpc) is 3.01. The second kappa shape index (κ2) is 6.70. The summed E-state index contributed by atoms with van der Waals surface area (Å²) in [6, 6.07) is 12.4. The summed E-state index contributed by atoms with van der Waals surface area (Å²) in [4.78, 5) is 25.5. The van der Waals surface area contributed by atoms with E-state index in [0.717, 1.165) is 0 Å². The lowest BCUT2D eigenvalue weighted by Crippen LogP contribution is -2.37. The van der Waals surface area contributed by atoms with E-state index in [1.165, 1.54) is 19.2 Å². The fourth-order valence-electron chi connectivity index (χ4n) is 2.84. The first-order valence-corrected chi connectivity index (χ1v) is 7.61. The number of benzene rings is 2. The number of rotatable bonds is 4. The molecule has 0 radical (unpaired) electrons.